The van der Waals surface area contributed by atoms with Crippen molar-refractivity contribution in [3.05, 3.63) is 89.5 Å². The number of carbonyl (C=O) groups is 2. The molecule has 4 rings (SSSR count). The van der Waals surface area contributed by atoms with Gasteiger partial charge < -0.3 is 15.2 Å². The van der Waals surface area contributed by atoms with E-state index in [0.717, 1.165) is 42.0 Å². The van der Waals surface area contributed by atoms with Crippen molar-refractivity contribution >= 4 is 23.6 Å². The van der Waals surface area contributed by atoms with Gasteiger partial charge in [-0.25, -0.2) is 4.98 Å². The second kappa shape index (κ2) is 8.78. The third-order valence-electron chi connectivity index (χ3n) is 5.01. The summed E-state index contributed by atoms with van der Waals surface area (Å²) in [4.78, 5) is 28.4. The normalized spacial score (nSPS) is 13.4. The predicted octanol–water partition coefficient (Wildman–Crippen LogP) is 3.78. The SMILES string of the molecule is Cc1nccn1Cc1ccc(NC(=O)/C=C/c2ccc(C(=O)NC3CC3)cc2)cc1. The number of hydrogen-bond acceptors (Lipinski definition) is 3. The van der Waals surface area contributed by atoms with Crippen LogP contribution in [0.3, 0.4) is 0 Å². The lowest BCUT2D eigenvalue weighted by Crippen LogP contribution is -2.25. The number of nitrogens with one attached hydrogen (secondary N) is 2. The van der Waals surface area contributed by atoms with E-state index in [9.17, 15) is 9.59 Å². The largest absolute Gasteiger partial charge is 0.349 e. The highest BCUT2D eigenvalue weighted by Crippen LogP contribution is 2.19. The topological polar surface area (TPSA) is 76.0 Å². The molecule has 1 fully saturated rings. The first-order valence-corrected chi connectivity index (χ1v) is 10.0. The van der Waals surface area contributed by atoms with Gasteiger partial charge in [-0.1, -0.05) is 24.3 Å². The van der Waals surface area contributed by atoms with Crippen LogP contribution in [-0.4, -0.2) is 27.4 Å². The Bertz CT molecular complexity index is 1060. The number of benzene rings is 2. The Labute approximate surface area is 175 Å². The maximum Gasteiger partial charge on any atom is 0.251 e. The number of hydrogen-bond donors (Lipinski definition) is 2. The minimum atomic E-state index is -0.205. The van der Waals surface area contributed by atoms with E-state index in [1.807, 2.05) is 49.5 Å². The van der Waals surface area contributed by atoms with Gasteiger partial charge in [0.1, 0.15) is 5.82 Å². The average Bonchev–Trinajstić information content (AvgIpc) is 3.48. The standard InChI is InChI=1S/C24H24N4O2/c1-17-25-14-15-28(17)16-19-4-9-21(10-5-19)26-23(29)13-6-18-2-7-20(8-3-18)24(30)27-22-11-12-22/h2-10,13-15,22H,11-12,16H2,1H3,(H,26,29)(H,27,30)/b13-6+. The molecule has 1 aromatic heterocycles. The van der Waals surface area contributed by atoms with Crippen molar-refractivity contribution in [1.82, 2.24) is 14.9 Å². The van der Waals surface area contributed by atoms with E-state index >= 15 is 0 Å². The molecule has 1 saturated carbocycles. The van der Waals surface area contributed by atoms with Crippen molar-refractivity contribution in [3.8, 4) is 0 Å². The molecule has 1 aliphatic carbocycles. The summed E-state index contributed by atoms with van der Waals surface area (Å²) in [5.41, 5.74) is 3.37. The van der Waals surface area contributed by atoms with E-state index < -0.39 is 0 Å². The van der Waals surface area contributed by atoms with E-state index in [0.29, 0.717) is 11.6 Å². The molecule has 0 atom stereocenters. The molecule has 0 aliphatic heterocycles. The van der Waals surface area contributed by atoms with E-state index in [1.165, 1.54) is 6.08 Å². The Kier molecular flexibility index (Phi) is 5.75. The zero-order valence-electron chi connectivity index (χ0n) is 16.8. The highest BCUT2D eigenvalue weighted by molar-refractivity contribution is 6.02. The summed E-state index contributed by atoms with van der Waals surface area (Å²) in [6.45, 7) is 2.71. The van der Waals surface area contributed by atoms with Gasteiger partial charge >= 0.3 is 0 Å². The number of nitrogens with zero attached hydrogens (tertiary/aromatic N) is 2. The van der Waals surface area contributed by atoms with E-state index in [4.69, 9.17) is 0 Å². The maximum atomic E-state index is 12.2. The average molecular weight is 400 g/mol. The number of aryl methyl sites for hydroxylation is 1. The number of imidazole rings is 1. The predicted molar refractivity (Wildman–Crippen MR) is 117 cm³/mol. The van der Waals surface area contributed by atoms with Crippen molar-refractivity contribution in [2.45, 2.75) is 32.4 Å². The quantitative estimate of drug-likeness (QED) is 0.593. The lowest BCUT2D eigenvalue weighted by atomic mass is 10.1. The molecular weight excluding hydrogens is 376 g/mol. The van der Waals surface area contributed by atoms with Crippen LogP contribution in [0.1, 0.15) is 40.2 Å². The van der Waals surface area contributed by atoms with E-state index in [1.54, 1.807) is 24.4 Å². The van der Waals surface area contributed by atoms with Gasteiger partial charge in [-0.05, 0) is 61.2 Å². The molecule has 0 bridgehead atoms. The first kappa shape index (κ1) is 19.6. The van der Waals surface area contributed by atoms with Crippen LogP contribution in [0.15, 0.2) is 67.0 Å². The first-order chi connectivity index (χ1) is 14.6. The fraction of sp³-hybridized carbons (Fsp3) is 0.208. The minimum absolute atomic E-state index is 0.0441. The van der Waals surface area contributed by atoms with Gasteiger partial charge in [-0.2, -0.15) is 0 Å². The molecular formula is C24H24N4O2. The van der Waals surface area contributed by atoms with Crippen LogP contribution in [0.4, 0.5) is 5.69 Å². The van der Waals surface area contributed by atoms with E-state index in [-0.39, 0.29) is 11.8 Å². The molecule has 0 radical (unpaired) electrons. The number of anilines is 1. The molecule has 2 amide bonds. The smallest absolute Gasteiger partial charge is 0.251 e. The van der Waals surface area contributed by atoms with Crippen LogP contribution in [-0.2, 0) is 11.3 Å². The molecule has 0 saturated heterocycles. The van der Waals surface area contributed by atoms with Crippen molar-refractivity contribution in [2.75, 3.05) is 5.32 Å². The monoisotopic (exact) mass is 400 g/mol. The molecule has 1 heterocycles. The summed E-state index contributed by atoms with van der Waals surface area (Å²) in [5.74, 6) is 0.718. The highest BCUT2D eigenvalue weighted by atomic mass is 16.2. The number of carbonyl (C=O) groups excluding carboxylic acids is 2. The van der Waals surface area contributed by atoms with Gasteiger partial charge in [0.15, 0.2) is 0 Å². The molecule has 0 spiro atoms. The molecule has 1 aliphatic rings. The molecule has 0 unspecified atom stereocenters. The first-order valence-electron chi connectivity index (χ1n) is 10.0. The summed E-state index contributed by atoms with van der Waals surface area (Å²) in [6, 6.07) is 15.3. The van der Waals surface area contributed by atoms with Crippen LogP contribution in [0.25, 0.3) is 6.08 Å². The van der Waals surface area contributed by atoms with Gasteiger partial charge in [0, 0.05) is 42.3 Å². The minimum Gasteiger partial charge on any atom is -0.349 e. The second-order valence-corrected chi connectivity index (χ2v) is 7.49. The van der Waals surface area contributed by atoms with Crippen molar-refractivity contribution < 1.29 is 9.59 Å². The molecule has 152 valence electrons. The zero-order chi connectivity index (χ0) is 20.9. The van der Waals surface area contributed by atoms with Crippen LogP contribution in [0.5, 0.6) is 0 Å². The van der Waals surface area contributed by atoms with Gasteiger partial charge in [0.2, 0.25) is 5.91 Å². The molecule has 30 heavy (non-hydrogen) atoms. The number of rotatable bonds is 7. The Morgan fingerprint density at radius 1 is 1.10 bits per heavy atom. The molecule has 2 aromatic carbocycles. The van der Waals surface area contributed by atoms with Crippen LogP contribution < -0.4 is 10.6 Å². The zero-order valence-corrected chi connectivity index (χ0v) is 16.8. The van der Waals surface area contributed by atoms with Crippen LogP contribution >= 0.6 is 0 Å². The van der Waals surface area contributed by atoms with E-state index in [2.05, 4.69) is 20.2 Å². The Morgan fingerprint density at radius 3 is 2.47 bits per heavy atom. The summed E-state index contributed by atoms with van der Waals surface area (Å²) >= 11 is 0. The Hall–Kier alpha value is -3.67. The summed E-state index contributed by atoms with van der Waals surface area (Å²) in [6.07, 6.45) is 9.08. The van der Waals surface area contributed by atoms with Crippen LogP contribution in [0, 0.1) is 6.92 Å². The third-order valence-corrected chi connectivity index (χ3v) is 5.01. The van der Waals surface area contributed by atoms with Gasteiger partial charge in [0.05, 0.1) is 0 Å². The van der Waals surface area contributed by atoms with Gasteiger partial charge in [-0.3, -0.25) is 9.59 Å². The van der Waals surface area contributed by atoms with Gasteiger partial charge in [-0.15, -0.1) is 0 Å². The Balaban J connectivity index is 1.29. The molecule has 6 nitrogen and oxygen atoms in total. The third kappa shape index (κ3) is 5.23. The summed E-state index contributed by atoms with van der Waals surface area (Å²) in [7, 11) is 0. The maximum absolute atomic E-state index is 12.2. The lowest BCUT2D eigenvalue weighted by Gasteiger charge is -2.07. The second-order valence-electron chi connectivity index (χ2n) is 7.49. The lowest BCUT2D eigenvalue weighted by molar-refractivity contribution is -0.111. The Morgan fingerprint density at radius 2 is 1.83 bits per heavy atom. The molecule has 3 aromatic rings. The molecule has 6 heteroatoms. The summed E-state index contributed by atoms with van der Waals surface area (Å²) < 4.78 is 2.07. The van der Waals surface area contributed by atoms with Crippen LogP contribution in [0.2, 0.25) is 0 Å². The van der Waals surface area contributed by atoms with Crippen molar-refractivity contribution in [2.24, 2.45) is 0 Å². The van der Waals surface area contributed by atoms with Gasteiger partial charge in [0.25, 0.3) is 5.91 Å². The summed E-state index contributed by atoms with van der Waals surface area (Å²) in [5, 5.41) is 5.82. The fourth-order valence-corrected chi connectivity index (χ4v) is 3.06. The number of aromatic nitrogens is 2. The molecule has 2 N–H and O–H groups in total. The van der Waals surface area contributed by atoms with Crippen molar-refractivity contribution in [1.29, 1.82) is 0 Å². The number of amides is 2. The highest BCUT2D eigenvalue weighted by Gasteiger charge is 2.23. The van der Waals surface area contributed by atoms with Crippen molar-refractivity contribution in [3.63, 3.8) is 0 Å². The fourth-order valence-electron chi connectivity index (χ4n) is 3.06.